The number of hydrogen-bond acceptors (Lipinski definition) is 3. The van der Waals surface area contributed by atoms with Crippen LogP contribution in [0.3, 0.4) is 0 Å². The van der Waals surface area contributed by atoms with Gasteiger partial charge in [0.25, 0.3) is 0 Å². The van der Waals surface area contributed by atoms with Crippen molar-refractivity contribution in [2.24, 2.45) is 5.73 Å². The Kier molecular flexibility index (Phi) is 5.67. The molecule has 1 aromatic rings. The van der Waals surface area contributed by atoms with Gasteiger partial charge in [0.2, 0.25) is 0 Å². The molecule has 0 aromatic heterocycles. The van der Waals surface area contributed by atoms with Crippen LogP contribution in [0, 0.1) is 0 Å². The van der Waals surface area contributed by atoms with E-state index in [1.165, 1.54) is 17.7 Å². The van der Waals surface area contributed by atoms with Crippen molar-refractivity contribution >= 4 is 5.69 Å². The first kappa shape index (κ1) is 14.4. The zero-order chi connectivity index (χ0) is 13.5. The first-order valence-corrected chi connectivity index (χ1v) is 7.49. The summed E-state index contributed by atoms with van der Waals surface area (Å²) in [5.41, 5.74) is 8.72. The molecule has 1 atom stereocenters. The molecule has 3 heteroatoms. The summed E-state index contributed by atoms with van der Waals surface area (Å²) < 4.78 is 5.70. The third kappa shape index (κ3) is 3.71. The highest BCUT2D eigenvalue weighted by molar-refractivity contribution is 5.56. The Morgan fingerprint density at radius 3 is 2.95 bits per heavy atom. The van der Waals surface area contributed by atoms with E-state index in [0.717, 1.165) is 45.6 Å². The number of rotatable bonds is 7. The van der Waals surface area contributed by atoms with Crippen LogP contribution in [0.5, 0.6) is 0 Å². The van der Waals surface area contributed by atoms with Crippen LogP contribution in [-0.4, -0.2) is 32.3 Å². The predicted molar refractivity (Wildman–Crippen MR) is 80.7 cm³/mol. The van der Waals surface area contributed by atoms with Crippen LogP contribution in [0.2, 0.25) is 0 Å². The minimum absolute atomic E-state index is 0.463. The number of nitrogens with zero attached hydrogens (tertiary/aromatic N) is 1. The van der Waals surface area contributed by atoms with E-state index < -0.39 is 0 Å². The number of hydrogen-bond donors (Lipinski definition) is 1. The molecule has 1 unspecified atom stereocenters. The van der Waals surface area contributed by atoms with E-state index >= 15 is 0 Å². The van der Waals surface area contributed by atoms with Crippen molar-refractivity contribution in [3.8, 4) is 0 Å². The number of nitrogens with two attached hydrogens (primary N) is 1. The second-order valence-corrected chi connectivity index (χ2v) is 5.22. The first-order valence-electron chi connectivity index (χ1n) is 7.49. The topological polar surface area (TPSA) is 38.5 Å². The van der Waals surface area contributed by atoms with Gasteiger partial charge in [-0.3, -0.25) is 0 Å². The van der Waals surface area contributed by atoms with Crippen LogP contribution in [0.1, 0.15) is 31.7 Å². The smallest absolute Gasteiger partial charge is 0.0641 e. The monoisotopic (exact) mass is 262 g/mol. The lowest BCUT2D eigenvalue weighted by molar-refractivity contribution is 0.135. The molecular formula is C16H26N2O. The van der Waals surface area contributed by atoms with E-state index in [1.54, 1.807) is 0 Å². The molecule has 0 radical (unpaired) electrons. The van der Waals surface area contributed by atoms with Crippen LogP contribution in [-0.2, 0) is 11.2 Å². The molecular weight excluding hydrogens is 236 g/mol. The molecule has 0 saturated carbocycles. The third-order valence-electron chi connectivity index (χ3n) is 3.88. The zero-order valence-corrected chi connectivity index (χ0v) is 12.0. The number of benzene rings is 1. The quantitative estimate of drug-likeness (QED) is 0.768. The predicted octanol–water partition coefficient (Wildman–Crippen LogP) is 2.58. The second kappa shape index (κ2) is 7.51. The van der Waals surface area contributed by atoms with E-state index in [0.29, 0.717) is 6.04 Å². The van der Waals surface area contributed by atoms with Crippen molar-refractivity contribution < 1.29 is 4.74 Å². The van der Waals surface area contributed by atoms with E-state index in [4.69, 9.17) is 10.5 Å². The van der Waals surface area contributed by atoms with Crippen molar-refractivity contribution in [3.05, 3.63) is 29.8 Å². The van der Waals surface area contributed by atoms with Crippen molar-refractivity contribution in [1.82, 2.24) is 0 Å². The Hall–Kier alpha value is -1.06. The summed E-state index contributed by atoms with van der Waals surface area (Å²) >= 11 is 0. The molecule has 3 nitrogen and oxygen atoms in total. The lowest BCUT2D eigenvalue weighted by atomic mass is 9.96. The van der Waals surface area contributed by atoms with Crippen molar-refractivity contribution in [3.63, 3.8) is 0 Å². The lowest BCUT2D eigenvalue weighted by Gasteiger charge is -2.38. The summed E-state index contributed by atoms with van der Waals surface area (Å²) in [6.45, 7) is 5.53. The normalized spacial score (nSPS) is 18.4. The van der Waals surface area contributed by atoms with Gasteiger partial charge in [-0.15, -0.1) is 0 Å². The first-order chi connectivity index (χ1) is 9.36. The average molecular weight is 262 g/mol. The average Bonchev–Trinajstić information content (AvgIpc) is 2.47. The summed E-state index contributed by atoms with van der Waals surface area (Å²) in [6, 6.07) is 9.14. The van der Waals surface area contributed by atoms with Gasteiger partial charge in [0.15, 0.2) is 0 Å². The van der Waals surface area contributed by atoms with Crippen LogP contribution in [0.15, 0.2) is 24.3 Å². The fourth-order valence-corrected chi connectivity index (χ4v) is 2.74. The molecule has 0 spiro atoms. The molecule has 1 aliphatic rings. The summed E-state index contributed by atoms with van der Waals surface area (Å²) in [4.78, 5) is 2.44. The molecule has 106 valence electrons. The van der Waals surface area contributed by atoms with Gasteiger partial charge < -0.3 is 15.4 Å². The standard InChI is InChI=1S/C16H26N2O/c1-2-3-11-19-12-10-18-15(13-17)9-8-14-6-4-5-7-16(14)18/h4-7,15H,2-3,8-13,17H2,1H3. The summed E-state index contributed by atoms with van der Waals surface area (Å²) in [7, 11) is 0. The van der Waals surface area contributed by atoms with Gasteiger partial charge in [-0.05, 0) is 30.9 Å². The van der Waals surface area contributed by atoms with E-state index in [2.05, 4.69) is 36.1 Å². The van der Waals surface area contributed by atoms with Crippen molar-refractivity contribution in [2.45, 2.75) is 38.6 Å². The number of anilines is 1. The summed E-state index contributed by atoms with van der Waals surface area (Å²) in [5, 5.41) is 0. The molecule has 19 heavy (non-hydrogen) atoms. The highest BCUT2D eigenvalue weighted by Crippen LogP contribution is 2.29. The number of unbranched alkanes of at least 4 members (excludes halogenated alkanes) is 1. The highest BCUT2D eigenvalue weighted by atomic mass is 16.5. The Morgan fingerprint density at radius 2 is 2.16 bits per heavy atom. The Balaban J connectivity index is 1.95. The SMILES string of the molecule is CCCCOCCN1c2ccccc2CCC1CN. The molecule has 0 aliphatic carbocycles. The van der Waals surface area contributed by atoms with Gasteiger partial charge in [0.1, 0.15) is 0 Å². The molecule has 1 aliphatic heterocycles. The van der Waals surface area contributed by atoms with Crippen LogP contribution >= 0.6 is 0 Å². The summed E-state index contributed by atoms with van der Waals surface area (Å²) in [5.74, 6) is 0. The maximum absolute atomic E-state index is 5.92. The molecule has 0 fully saturated rings. The fourth-order valence-electron chi connectivity index (χ4n) is 2.74. The molecule has 1 heterocycles. The van der Waals surface area contributed by atoms with Gasteiger partial charge in [-0.2, -0.15) is 0 Å². The van der Waals surface area contributed by atoms with Crippen LogP contribution < -0.4 is 10.6 Å². The fraction of sp³-hybridized carbons (Fsp3) is 0.625. The lowest BCUT2D eigenvalue weighted by Crippen LogP contribution is -2.45. The van der Waals surface area contributed by atoms with Gasteiger partial charge in [-0.25, -0.2) is 0 Å². The number of aryl methyl sites for hydroxylation is 1. The minimum Gasteiger partial charge on any atom is -0.380 e. The molecule has 0 amide bonds. The minimum atomic E-state index is 0.463. The molecule has 0 saturated heterocycles. The van der Waals surface area contributed by atoms with Crippen LogP contribution in [0.25, 0.3) is 0 Å². The largest absolute Gasteiger partial charge is 0.380 e. The van der Waals surface area contributed by atoms with Gasteiger partial charge >= 0.3 is 0 Å². The Bertz CT molecular complexity index is 381. The molecule has 2 rings (SSSR count). The van der Waals surface area contributed by atoms with E-state index in [1.807, 2.05) is 0 Å². The van der Waals surface area contributed by atoms with Gasteiger partial charge in [-0.1, -0.05) is 31.5 Å². The number of ether oxygens (including phenoxy) is 1. The van der Waals surface area contributed by atoms with Crippen molar-refractivity contribution in [1.29, 1.82) is 0 Å². The van der Waals surface area contributed by atoms with Gasteiger partial charge in [0, 0.05) is 31.4 Å². The van der Waals surface area contributed by atoms with E-state index in [9.17, 15) is 0 Å². The molecule has 1 aromatic carbocycles. The maximum atomic E-state index is 5.92. The number of para-hydroxylation sites is 1. The highest BCUT2D eigenvalue weighted by Gasteiger charge is 2.24. The maximum Gasteiger partial charge on any atom is 0.0641 e. The summed E-state index contributed by atoms with van der Waals surface area (Å²) in [6.07, 6.45) is 4.64. The number of fused-ring (bicyclic) bond motifs is 1. The van der Waals surface area contributed by atoms with Crippen LogP contribution in [0.4, 0.5) is 5.69 Å². The Morgan fingerprint density at radius 1 is 1.32 bits per heavy atom. The van der Waals surface area contributed by atoms with Gasteiger partial charge in [0.05, 0.1) is 6.61 Å². The molecule has 2 N–H and O–H groups in total. The zero-order valence-electron chi connectivity index (χ0n) is 12.0. The van der Waals surface area contributed by atoms with Crippen molar-refractivity contribution in [2.75, 3.05) is 31.2 Å². The van der Waals surface area contributed by atoms with E-state index in [-0.39, 0.29) is 0 Å². The Labute approximate surface area is 116 Å². The third-order valence-corrected chi connectivity index (χ3v) is 3.88. The molecule has 0 bridgehead atoms. The second-order valence-electron chi connectivity index (χ2n) is 5.22.